The van der Waals surface area contributed by atoms with Gasteiger partial charge in [0.1, 0.15) is 29.3 Å². The summed E-state index contributed by atoms with van der Waals surface area (Å²) in [6.45, 7) is 8.40. The zero-order chi connectivity index (χ0) is 17.7. The molecule has 2 aromatic rings. The number of urea groups is 1. The summed E-state index contributed by atoms with van der Waals surface area (Å²) >= 11 is 0. The molecule has 0 radical (unpaired) electrons. The van der Waals surface area contributed by atoms with Gasteiger partial charge in [0, 0.05) is 25.1 Å². The average molecular weight is 335 g/mol. The van der Waals surface area contributed by atoms with Crippen molar-refractivity contribution in [2.75, 3.05) is 13.1 Å². The summed E-state index contributed by atoms with van der Waals surface area (Å²) in [4.78, 5) is 11.9. The predicted octanol–water partition coefficient (Wildman–Crippen LogP) is 1.26. The van der Waals surface area contributed by atoms with Gasteiger partial charge in [-0.2, -0.15) is 0 Å². The lowest BCUT2D eigenvalue weighted by molar-refractivity contribution is 0.0579. The van der Waals surface area contributed by atoms with Crippen molar-refractivity contribution in [2.24, 2.45) is 0 Å². The molecular formula is C16H25N5O3. The smallest absolute Gasteiger partial charge is 0.314 e. The Bertz CT molecular complexity index is 690. The Kier molecular flexibility index (Phi) is 5.61. The molecule has 1 atom stereocenters. The van der Waals surface area contributed by atoms with Gasteiger partial charge in [-0.3, -0.25) is 0 Å². The van der Waals surface area contributed by atoms with Crippen molar-refractivity contribution in [1.29, 1.82) is 0 Å². The van der Waals surface area contributed by atoms with Crippen molar-refractivity contribution in [1.82, 2.24) is 25.4 Å². The quantitative estimate of drug-likeness (QED) is 0.706. The van der Waals surface area contributed by atoms with Gasteiger partial charge in [-0.25, -0.2) is 4.79 Å². The number of carbonyl (C=O) groups is 1. The van der Waals surface area contributed by atoms with Crippen molar-refractivity contribution in [2.45, 2.75) is 46.3 Å². The Balaban J connectivity index is 1.79. The number of carbonyl (C=O) groups excluding carboxylic acids is 1. The van der Waals surface area contributed by atoms with Crippen LogP contribution in [-0.4, -0.2) is 39.0 Å². The van der Waals surface area contributed by atoms with Crippen LogP contribution >= 0.6 is 0 Å². The van der Waals surface area contributed by atoms with Gasteiger partial charge in [-0.05, 0) is 26.8 Å². The number of amides is 2. The summed E-state index contributed by atoms with van der Waals surface area (Å²) in [5.74, 6) is 2.26. The molecule has 0 aliphatic carbocycles. The summed E-state index contributed by atoms with van der Waals surface area (Å²) in [6, 6.07) is 1.45. The summed E-state index contributed by atoms with van der Waals surface area (Å²) in [6.07, 6.45) is 2.44. The lowest BCUT2D eigenvalue weighted by Gasteiger charge is -2.23. The number of hydrogen-bond donors (Lipinski definition) is 3. The number of furan rings is 1. The molecule has 24 heavy (non-hydrogen) atoms. The zero-order valence-electron chi connectivity index (χ0n) is 14.6. The number of aromatic nitrogens is 3. The lowest BCUT2D eigenvalue weighted by Crippen LogP contribution is -2.44. The first kappa shape index (κ1) is 18.0. The highest BCUT2D eigenvalue weighted by Gasteiger charge is 2.28. The van der Waals surface area contributed by atoms with Crippen molar-refractivity contribution in [3.63, 3.8) is 0 Å². The standard InChI is InChI=1S/C16H25N5O3/c1-5-14-20-19-10-21(14)7-6-17-15(22)18-9-16(4,23)13-8-11(2)24-12(13)3/h8,10,23H,5-7,9H2,1-4H3,(H2,17,18,22). The number of rotatable bonds is 7. The topological polar surface area (TPSA) is 105 Å². The molecule has 2 rings (SSSR count). The van der Waals surface area contributed by atoms with Crippen LogP contribution in [0.15, 0.2) is 16.8 Å². The van der Waals surface area contributed by atoms with E-state index in [0.29, 0.717) is 24.4 Å². The number of nitrogens with zero attached hydrogens (tertiary/aromatic N) is 3. The highest BCUT2D eigenvalue weighted by molar-refractivity contribution is 5.73. The molecular weight excluding hydrogens is 310 g/mol. The van der Waals surface area contributed by atoms with Gasteiger partial charge in [0.2, 0.25) is 0 Å². The van der Waals surface area contributed by atoms with Gasteiger partial charge in [-0.1, -0.05) is 6.92 Å². The highest BCUT2D eigenvalue weighted by atomic mass is 16.3. The first-order valence-corrected chi connectivity index (χ1v) is 8.01. The van der Waals surface area contributed by atoms with E-state index in [2.05, 4.69) is 20.8 Å². The van der Waals surface area contributed by atoms with Gasteiger partial charge in [-0.15, -0.1) is 10.2 Å². The molecule has 2 amide bonds. The molecule has 8 heteroatoms. The lowest BCUT2D eigenvalue weighted by atomic mass is 9.96. The predicted molar refractivity (Wildman–Crippen MR) is 88.6 cm³/mol. The van der Waals surface area contributed by atoms with Crippen molar-refractivity contribution >= 4 is 6.03 Å². The van der Waals surface area contributed by atoms with Crippen LogP contribution in [0.3, 0.4) is 0 Å². The van der Waals surface area contributed by atoms with Crippen LogP contribution in [0.5, 0.6) is 0 Å². The number of hydrogen-bond acceptors (Lipinski definition) is 5. The monoisotopic (exact) mass is 335 g/mol. The fraction of sp³-hybridized carbons (Fsp3) is 0.562. The third kappa shape index (κ3) is 4.35. The molecule has 0 saturated heterocycles. The van der Waals surface area contributed by atoms with Gasteiger partial charge in [0.15, 0.2) is 0 Å². The summed E-state index contributed by atoms with van der Waals surface area (Å²) in [7, 11) is 0. The van der Waals surface area contributed by atoms with Crippen LogP contribution in [-0.2, 0) is 18.6 Å². The maximum Gasteiger partial charge on any atom is 0.314 e. The normalized spacial score (nSPS) is 13.5. The van der Waals surface area contributed by atoms with E-state index in [1.54, 1.807) is 26.2 Å². The molecule has 0 bridgehead atoms. The molecule has 0 saturated carbocycles. The third-order valence-electron chi connectivity index (χ3n) is 3.86. The Morgan fingerprint density at radius 3 is 2.79 bits per heavy atom. The van der Waals surface area contributed by atoms with Crippen LogP contribution in [0.1, 0.15) is 36.8 Å². The van der Waals surface area contributed by atoms with E-state index in [9.17, 15) is 9.90 Å². The second-order valence-corrected chi connectivity index (χ2v) is 6.00. The molecule has 0 aliphatic rings. The Morgan fingerprint density at radius 2 is 2.17 bits per heavy atom. The SMILES string of the molecule is CCc1nncn1CCNC(=O)NCC(C)(O)c1cc(C)oc1C. The Labute approximate surface area is 141 Å². The number of nitrogens with one attached hydrogen (secondary N) is 2. The summed E-state index contributed by atoms with van der Waals surface area (Å²) < 4.78 is 7.33. The first-order chi connectivity index (χ1) is 11.3. The van der Waals surface area contributed by atoms with Gasteiger partial charge < -0.3 is 24.7 Å². The number of aryl methyl sites for hydroxylation is 3. The first-order valence-electron chi connectivity index (χ1n) is 8.01. The van der Waals surface area contributed by atoms with E-state index in [4.69, 9.17) is 4.42 Å². The van der Waals surface area contributed by atoms with E-state index in [-0.39, 0.29) is 12.6 Å². The van der Waals surface area contributed by atoms with Gasteiger partial charge in [0.25, 0.3) is 0 Å². The minimum Gasteiger partial charge on any atom is -0.466 e. The molecule has 2 heterocycles. The third-order valence-corrected chi connectivity index (χ3v) is 3.86. The molecule has 3 N–H and O–H groups in total. The minimum absolute atomic E-state index is 0.0888. The van der Waals surface area contributed by atoms with Gasteiger partial charge in [0.05, 0.1) is 6.54 Å². The van der Waals surface area contributed by atoms with Crippen LogP contribution in [0, 0.1) is 13.8 Å². The van der Waals surface area contributed by atoms with E-state index in [1.165, 1.54) is 0 Å². The molecule has 2 aromatic heterocycles. The zero-order valence-corrected chi connectivity index (χ0v) is 14.6. The molecule has 0 aromatic carbocycles. The molecule has 8 nitrogen and oxygen atoms in total. The maximum absolute atomic E-state index is 11.9. The summed E-state index contributed by atoms with van der Waals surface area (Å²) in [5, 5.41) is 23.8. The second-order valence-electron chi connectivity index (χ2n) is 6.00. The molecule has 0 fully saturated rings. The van der Waals surface area contributed by atoms with Crippen LogP contribution in [0.25, 0.3) is 0 Å². The summed E-state index contributed by atoms with van der Waals surface area (Å²) in [5.41, 5.74) is -0.514. The molecule has 0 spiro atoms. The Morgan fingerprint density at radius 1 is 1.42 bits per heavy atom. The van der Waals surface area contributed by atoms with Crippen LogP contribution < -0.4 is 10.6 Å². The maximum atomic E-state index is 11.9. The fourth-order valence-electron chi connectivity index (χ4n) is 2.60. The van der Waals surface area contributed by atoms with Crippen molar-refractivity contribution in [3.8, 4) is 0 Å². The Hall–Kier alpha value is -2.35. The number of aliphatic hydroxyl groups is 1. The molecule has 1 unspecified atom stereocenters. The molecule has 0 aliphatic heterocycles. The largest absolute Gasteiger partial charge is 0.466 e. The highest BCUT2D eigenvalue weighted by Crippen LogP contribution is 2.26. The van der Waals surface area contributed by atoms with Crippen LogP contribution in [0.2, 0.25) is 0 Å². The fourth-order valence-corrected chi connectivity index (χ4v) is 2.60. The molecule has 132 valence electrons. The van der Waals surface area contributed by atoms with Crippen molar-refractivity contribution in [3.05, 3.63) is 35.3 Å². The minimum atomic E-state index is -1.19. The van der Waals surface area contributed by atoms with E-state index < -0.39 is 5.60 Å². The average Bonchev–Trinajstić information content (AvgIpc) is 3.11. The van der Waals surface area contributed by atoms with Crippen molar-refractivity contribution < 1.29 is 14.3 Å². The second kappa shape index (κ2) is 7.48. The van der Waals surface area contributed by atoms with Crippen LogP contribution in [0.4, 0.5) is 4.79 Å². The van der Waals surface area contributed by atoms with E-state index >= 15 is 0 Å². The van der Waals surface area contributed by atoms with E-state index in [1.807, 2.05) is 18.4 Å². The van der Waals surface area contributed by atoms with Gasteiger partial charge >= 0.3 is 6.03 Å². The van der Waals surface area contributed by atoms with E-state index in [0.717, 1.165) is 18.0 Å².